The van der Waals surface area contributed by atoms with Crippen molar-refractivity contribution in [2.75, 3.05) is 32.8 Å². The SMILES string of the molecule is Cn1c(=O)n(C2CCC(=O)NC2=O)c2ccc(C3CCN(CCC[C@@H]4CC[C@@]5(CO[Si](c6ccccc6)(c6ccccc6)C(C)(C)C)CCCN45)CC3)cc21. The van der Waals surface area contributed by atoms with Crippen LogP contribution in [0.1, 0.15) is 103 Å². The molecule has 0 saturated carbocycles. The van der Waals surface area contributed by atoms with E-state index in [1.807, 2.05) is 6.07 Å². The highest BCUT2D eigenvalue weighted by atomic mass is 28.4. The Morgan fingerprint density at radius 2 is 1.53 bits per heavy atom. The van der Waals surface area contributed by atoms with E-state index >= 15 is 0 Å². The number of fused-ring (bicyclic) bond motifs is 2. The molecular formula is C45H59N5O4Si. The number of nitrogens with zero attached hydrogens (tertiary/aromatic N) is 4. The summed E-state index contributed by atoms with van der Waals surface area (Å²) in [5.74, 6) is -0.218. The molecule has 8 rings (SSSR count). The number of aryl methyl sites for hydroxylation is 1. The molecule has 0 aliphatic carbocycles. The summed E-state index contributed by atoms with van der Waals surface area (Å²) in [7, 11) is -0.809. The monoisotopic (exact) mass is 761 g/mol. The van der Waals surface area contributed by atoms with Gasteiger partial charge in [-0.2, -0.15) is 0 Å². The number of benzene rings is 3. The fraction of sp³-hybridized carbons (Fsp3) is 0.533. The normalized spacial score (nSPS) is 24.4. The number of imidazole rings is 1. The van der Waals surface area contributed by atoms with Crippen LogP contribution in [0.4, 0.5) is 0 Å². The zero-order chi connectivity index (χ0) is 38.4. The number of piperidine rings is 2. The van der Waals surface area contributed by atoms with Gasteiger partial charge < -0.3 is 9.33 Å². The highest BCUT2D eigenvalue weighted by Crippen LogP contribution is 2.46. The Hall–Kier alpha value is -3.83. The van der Waals surface area contributed by atoms with Crippen LogP contribution in [-0.2, 0) is 21.1 Å². The van der Waals surface area contributed by atoms with Crippen LogP contribution < -0.4 is 21.4 Å². The van der Waals surface area contributed by atoms with Crippen molar-refractivity contribution in [3.05, 3.63) is 94.9 Å². The second-order valence-corrected chi connectivity index (χ2v) is 22.2. The van der Waals surface area contributed by atoms with E-state index in [-0.39, 0.29) is 28.6 Å². The highest BCUT2D eigenvalue weighted by molar-refractivity contribution is 6.99. The minimum absolute atomic E-state index is 0.0178. The predicted octanol–water partition coefficient (Wildman–Crippen LogP) is 5.85. The van der Waals surface area contributed by atoms with Crippen molar-refractivity contribution in [1.82, 2.24) is 24.3 Å². The number of rotatable bonds is 11. The molecule has 3 aromatic carbocycles. The van der Waals surface area contributed by atoms with Crippen LogP contribution in [0.2, 0.25) is 5.04 Å². The average Bonchev–Trinajstić information content (AvgIpc) is 3.83. The smallest absolute Gasteiger partial charge is 0.329 e. The molecule has 55 heavy (non-hydrogen) atoms. The van der Waals surface area contributed by atoms with Gasteiger partial charge in [-0.25, -0.2) is 4.79 Å². The van der Waals surface area contributed by atoms with Crippen molar-refractivity contribution in [3.63, 3.8) is 0 Å². The van der Waals surface area contributed by atoms with Gasteiger partial charge in [-0.15, -0.1) is 0 Å². The Bertz CT molecular complexity index is 2030. The summed E-state index contributed by atoms with van der Waals surface area (Å²) in [5.41, 5.74) is 2.80. The fourth-order valence-corrected chi connectivity index (χ4v) is 15.5. The van der Waals surface area contributed by atoms with Crippen LogP contribution >= 0.6 is 0 Å². The molecule has 4 aliphatic heterocycles. The van der Waals surface area contributed by atoms with E-state index in [0.717, 1.165) is 50.1 Å². The fourth-order valence-electron chi connectivity index (χ4n) is 10.8. The topological polar surface area (TPSA) is 88.8 Å². The molecule has 292 valence electrons. The molecule has 3 atom stereocenters. The van der Waals surface area contributed by atoms with Crippen LogP contribution in [0.5, 0.6) is 0 Å². The van der Waals surface area contributed by atoms with Gasteiger partial charge in [-0.3, -0.25) is 28.9 Å². The van der Waals surface area contributed by atoms with Crippen LogP contribution in [0.15, 0.2) is 83.7 Å². The molecular weight excluding hydrogens is 703 g/mol. The van der Waals surface area contributed by atoms with Crippen molar-refractivity contribution in [2.24, 2.45) is 7.05 Å². The van der Waals surface area contributed by atoms with Crippen molar-refractivity contribution in [1.29, 1.82) is 0 Å². The Morgan fingerprint density at radius 1 is 0.836 bits per heavy atom. The van der Waals surface area contributed by atoms with Gasteiger partial charge in [0.1, 0.15) is 6.04 Å². The second-order valence-electron chi connectivity index (χ2n) is 17.9. The number of hydrogen-bond acceptors (Lipinski definition) is 6. The number of aromatic nitrogens is 2. The number of imide groups is 1. The number of carbonyl (C=O) groups excluding carboxylic acids is 2. The molecule has 0 spiro atoms. The first-order valence-corrected chi connectivity index (χ1v) is 22.7. The van der Waals surface area contributed by atoms with Gasteiger partial charge in [0, 0.05) is 25.0 Å². The van der Waals surface area contributed by atoms with Gasteiger partial charge in [0.15, 0.2) is 0 Å². The zero-order valence-electron chi connectivity index (χ0n) is 33.3. The molecule has 0 bridgehead atoms. The lowest BCUT2D eigenvalue weighted by molar-refractivity contribution is -0.135. The maximum Gasteiger partial charge on any atom is 0.329 e. The predicted molar refractivity (Wildman–Crippen MR) is 222 cm³/mol. The number of carbonyl (C=O) groups is 2. The minimum atomic E-state index is -2.59. The molecule has 2 amide bonds. The standard InChI is InChI=1S/C45H59N5O4Si/c1-44(2,3)55(36-14-7-5-8-15-36,37-16-9-6-10-17-37)54-32-45-25-12-28-49(45)35(22-26-45)13-11-27-48-29-23-33(24-30-48)34-18-19-38-40(31-34)47(4)43(53)50(38)39-20-21-41(51)46-42(39)52/h5-10,14-19,31,33,35,39H,11-13,20-30,32H2,1-4H3,(H,46,51,52)/t35-,39?,45-/m1/s1. The third-order valence-corrected chi connectivity index (χ3v) is 18.7. The van der Waals surface area contributed by atoms with Gasteiger partial charge in [0.05, 0.1) is 17.6 Å². The Labute approximate surface area is 327 Å². The summed E-state index contributed by atoms with van der Waals surface area (Å²) in [4.78, 5) is 43.2. The number of nitrogens with one attached hydrogen (secondary N) is 1. The van der Waals surface area contributed by atoms with E-state index in [1.165, 1.54) is 61.0 Å². The first-order chi connectivity index (χ1) is 26.5. The summed E-state index contributed by atoms with van der Waals surface area (Å²) >= 11 is 0. The van der Waals surface area contributed by atoms with Crippen LogP contribution in [0, 0.1) is 0 Å². The molecule has 4 aliphatic rings. The molecule has 4 saturated heterocycles. The van der Waals surface area contributed by atoms with Gasteiger partial charge in [0.2, 0.25) is 11.8 Å². The number of amides is 2. The van der Waals surface area contributed by atoms with E-state index in [9.17, 15) is 14.4 Å². The van der Waals surface area contributed by atoms with E-state index in [2.05, 4.69) is 109 Å². The maximum atomic E-state index is 13.3. The quantitative estimate of drug-likeness (QED) is 0.153. The Balaban J connectivity index is 0.877. The molecule has 4 fully saturated rings. The van der Waals surface area contributed by atoms with Crippen LogP contribution in [0.3, 0.4) is 0 Å². The first kappa shape index (κ1) is 38.1. The second kappa shape index (κ2) is 15.3. The molecule has 10 heteroatoms. The lowest BCUT2D eigenvalue weighted by Crippen LogP contribution is -2.68. The van der Waals surface area contributed by atoms with Gasteiger partial charge >= 0.3 is 5.69 Å². The molecule has 1 unspecified atom stereocenters. The van der Waals surface area contributed by atoms with E-state index in [4.69, 9.17) is 4.43 Å². The number of likely N-dealkylation sites (tertiary alicyclic amines) is 1. The van der Waals surface area contributed by atoms with Crippen molar-refractivity contribution >= 4 is 41.5 Å². The van der Waals surface area contributed by atoms with Gasteiger partial charge in [0.25, 0.3) is 8.32 Å². The first-order valence-electron chi connectivity index (χ1n) is 20.8. The lowest BCUT2D eigenvalue weighted by Gasteiger charge is -2.46. The molecule has 1 aromatic heterocycles. The Morgan fingerprint density at radius 3 is 2.18 bits per heavy atom. The van der Waals surface area contributed by atoms with Crippen LogP contribution in [0.25, 0.3) is 11.0 Å². The molecule has 1 N–H and O–H groups in total. The molecule has 4 aromatic rings. The third kappa shape index (κ3) is 6.98. The molecule has 5 heterocycles. The van der Waals surface area contributed by atoms with Crippen molar-refractivity contribution < 1.29 is 14.0 Å². The number of hydrogen-bond donors (Lipinski definition) is 1. The van der Waals surface area contributed by atoms with Gasteiger partial charge in [-0.1, -0.05) is 87.5 Å². The summed E-state index contributed by atoms with van der Waals surface area (Å²) in [6.07, 6.45) is 10.3. The van der Waals surface area contributed by atoms with Crippen LogP contribution in [-0.4, -0.2) is 83.4 Å². The van der Waals surface area contributed by atoms with E-state index < -0.39 is 20.3 Å². The summed E-state index contributed by atoms with van der Waals surface area (Å²) < 4.78 is 10.8. The average molecular weight is 762 g/mol. The van der Waals surface area contributed by atoms with E-state index in [0.29, 0.717) is 18.4 Å². The Kier molecular flexibility index (Phi) is 10.6. The van der Waals surface area contributed by atoms with Gasteiger partial charge in [-0.05, 0) is 123 Å². The van der Waals surface area contributed by atoms with Crippen molar-refractivity contribution in [3.8, 4) is 0 Å². The largest absolute Gasteiger partial charge is 0.406 e. The summed E-state index contributed by atoms with van der Waals surface area (Å²) in [5, 5.41) is 5.11. The minimum Gasteiger partial charge on any atom is -0.406 e. The lowest BCUT2D eigenvalue weighted by atomic mass is 9.89. The summed E-state index contributed by atoms with van der Waals surface area (Å²) in [6.45, 7) is 12.5. The zero-order valence-corrected chi connectivity index (χ0v) is 34.3. The highest BCUT2D eigenvalue weighted by Gasteiger charge is 2.54. The van der Waals surface area contributed by atoms with E-state index in [1.54, 1.807) is 16.2 Å². The van der Waals surface area contributed by atoms with Crippen molar-refractivity contribution in [2.45, 2.75) is 114 Å². The molecule has 9 nitrogen and oxygen atoms in total. The summed E-state index contributed by atoms with van der Waals surface area (Å²) in [6, 6.07) is 28.5. The maximum absolute atomic E-state index is 13.3. The molecule has 0 radical (unpaired) electrons. The third-order valence-electron chi connectivity index (χ3n) is 13.7.